The molecule has 0 radical (unpaired) electrons. The van der Waals surface area contributed by atoms with E-state index in [0.29, 0.717) is 29.3 Å². The predicted molar refractivity (Wildman–Crippen MR) is 131 cm³/mol. The van der Waals surface area contributed by atoms with Crippen LogP contribution in [0.1, 0.15) is 80.8 Å². The van der Waals surface area contributed by atoms with Gasteiger partial charge in [0, 0.05) is 37.4 Å². The van der Waals surface area contributed by atoms with Gasteiger partial charge in [-0.25, -0.2) is 4.79 Å². The van der Waals surface area contributed by atoms with Gasteiger partial charge in [0.1, 0.15) is 4.88 Å². The number of carboxylic acids is 1. The Morgan fingerprint density at radius 1 is 1.03 bits per heavy atom. The van der Waals surface area contributed by atoms with Crippen LogP contribution in [0, 0.1) is 35.0 Å². The average Bonchev–Trinajstić information content (AvgIpc) is 3.12. The molecule has 0 spiro atoms. The summed E-state index contributed by atoms with van der Waals surface area (Å²) in [7, 11) is 3.48. The summed E-state index contributed by atoms with van der Waals surface area (Å²) >= 11 is 1.12. The van der Waals surface area contributed by atoms with Gasteiger partial charge in [-0.3, -0.25) is 9.59 Å². The molecule has 0 unspecified atom stereocenters. The van der Waals surface area contributed by atoms with E-state index in [-0.39, 0.29) is 40.0 Å². The second-order valence-corrected chi connectivity index (χ2v) is 11.9. The smallest absolute Gasteiger partial charge is 0.348 e. The number of hydrogen-bond acceptors (Lipinski definition) is 4. The molecule has 7 heteroatoms. The van der Waals surface area contributed by atoms with Crippen molar-refractivity contribution in [3.8, 4) is 11.8 Å². The molecule has 2 fully saturated rings. The number of rotatable bonds is 5. The van der Waals surface area contributed by atoms with Gasteiger partial charge in [0.15, 0.2) is 0 Å². The van der Waals surface area contributed by atoms with Gasteiger partial charge in [-0.05, 0) is 71.3 Å². The Morgan fingerprint density at radius 2 is 1.64 bits per heavy atom. The summed E-state index contributed by atoms with van der Waals surface area (Å²) in [5, 5.41) is 9.93. The van der Waals surface area contributed by atoms with Crippen molar-refractivity contribution in [2.45, 2.75) is 72.3 Å². The van der Waals surface area contributed by atoms with Crippen LogP contribution in [0.3, 0.4) is 0 Å². The fourth-order valence-corrected chi connectivity index (χ4v) is 5.43. The van der Waals surface area contributed by atoms with Crippen LogP contribution in [-0.4, -0.2) is 47.9 Å². The lowest BCUT2D eigenvalue weighted by Gasteiger charge is -2.44. The Morgan fingerprint density at radius 3 is 2.15 bits per heavy atom. The van der Waals surface area contributed by atoms with E-state index in [1.807, 2.05) is 20.8 Å². The third-order valence-corrected chi connectivity index (χ3v) is 7.63. The van der Waals surface area contributed by atoms with Gasteiger partial charge < -0.3 is 14.9 Å². The first-order chi connectivity index (χ1) is 15.4. The van der Waals surface area contributed by atoms with Gasteiger partial charge in [0.05, 0.1) is 10.6 Å². The van der Waals surface area contributed by atoms with Gasteiger partial charge in [-0.15, -0.1) is 11.3 Å². The van der Waals surface area contributed by atoms with Crippen molar-refractivity contribution in [1.29, 1.82) is 0 Å². The maximum absolute atomic E-state index is 13.8. The molecule has 1 aromatic heterocycles. The number of aromatic carboxylic acids is 1. The molecule has 0 bridgehead atoms. The van der Waals surface area contributed by atoms with Crippen molar-refractivity contribution in [1.82, 2.24) is 4.90 Å². The topological polar surface area (TPSA) is 77.9 Å². The van der Waals surface area contributed by atoms with E-state index in [0.717, 1.165) is 37.0 Å². The standard InChI is InChI=1S/C26H36N2O4S/c1-16-7-9-17(10-8-16)24(30)28(19-13-18(14-19)23(29)27(5)6)21-15-20(11-12-26(2,3)4)33-22(21)25(31)32/h15-19H,7-10,13-14H2,1-6H3,(H,31,32). The van der Waals surface area contributed by atoms with E-state index >= 15 is 0 Å². The van der Waals surface area contributed by atoms with Crippen molar-refractivity contribution in [2.75, 3.05) is 19.0 Å². The van der Waals surface area contributed by atoms with Crippen molar-refractivity contribution >= 4 is 34.8 Å². The van der Waals surface area contributed by atoms with Crippen molar-refractivity contribution in [3.63, 3.8) is 0 Å². The zero-order valence-electron chi connectivity index (χ0n) is 20.6. The van der Waals surface area contributed by atoms with Crippen molar-refractivity contribution in [3.05, 3.63) is 15.8 Å². The highest BCUT2D eigenvalue weighted by Gasteiger charge is 2.44. The molecule has 180 valence electrons. The Labute approximate surface area is 201 Å². The highest BCUT2D eigenvalue weighted by atomic mass is 32.1. The van der Waals surface area contributed by atoms with E-state index in [2.05, 4.69) is 18.8 Å². The van der Waals surface area contributed by atoms with Crippen molar-refractivity contribution < 1.29 is 19.5 Å². The van der Waals surface area contributed by atoms with Crippen LogP contribution in [0.2, 0.25) is 0 Å². The number of anilines is 1. The Bertz CT molecular complexity index is 965. The molecule has 2 aliphatic rings. The summed E-state index contributed by atoms with van der Waals surface area (Å²) in [6.07, 6.45) is 4.79. The predicted octanol–water partition coefficient (Wildman–Crippen LogP) is 4.87. The molecule has 1 aromatic rings. The fourth-order valence-electron chi connectivity index (χ4n) is 4.59. The summed E-state index contributed by atoms with van der Waals surface area (Å²) < 4.78 is 0. The van der Waals surface area contributed by atoms with Crippen LogP contribution in [0.4, 0.5) is 5.69 Å². The number of carbonyl (C=O) groups excluding carboxylic acids is 2. The minimum absolute atomic E-state index is 0.00159. The maximum atomic E-state index is 13.8. The normalized spacial score (nSPS) is 24.8. The van der Waals surface area contributed by atoms with Gasteiger partial charge in [-0.1, -0.05) is 18.8 Å². The molecule has 1 N–H and O–H groups in total. The lowest BCUT2D eigenvalue weighted by Crippen LogP contribution is -2.53. The molecular weight excluding hydrogens is 436 g/mol. The second-order valence-electron chi connectivity index (χ2n) is 10.9. The minimum Gasteiger partial charge on any atom is -0.477 e. The van der Waals surface area contributed by atoms with Gasteiger partial charge in [0.2, 0.25) is 11.8 Å². The zero-order valence-corrected chi connectivity index (χ0v) is 21.4. The van der Waals surface area contributed by atoms with E-state index in [1.165, 1.54) is 0 Å². The van der Waals surface area contributed by atoms with E-state index < -0.39 is 5.97 Å². The molecule has 0 aliphatic heterocycles. The largest absolute Gasteiger partial charge is 0.477 e. The molecule has 0 atom stereocenters. The molecule has 2 amide bonds. The first-order valence-corrected chi connectivity index (χ1v) is 12.6. The van der Waals surface area contributed by atoms with Crippen LogP contribution >= 0.6 is 11.3 Å². The number of nitrogens with zero attached hydrogens (tertiary/aromatic N) is 2. The summed E-state index contributed by atoms with van der Waals surface area (Å²) in [6, 6.07) is 1.60. The van der Waals surface area contributed by atoms with Crippen molar-refractivity contribution in [2.24, 2.45) is 23.2 Å². The van der Waals surface area contributed by atoms with Crippen LogP contribution < -0.4 is 4.90 Å². The maximum Gasteiger partial charge on any atom is 0.348 e. The molecule has 1 heterocycles. The second kappa shape index (κ2) is 9.89. The number of hydrogen-bond donors (Lipinski definition) is 1. The summed E-state index contributed by atoms with van der Waals surface area (Å²) in [5.74, 6) is 5.66. The Hall–Kier alpha value is -2.33. The van der Waals surface area contributed by atoms with Crippen LogP contribution in [-0.2, 0) is 9.59 Å². The monoisotopic (exact) mass is 472 g/mol. The van der Waals surface area contributed by atoms with Crippen LogP contribution in [0.25, 0.3) is 0 Å². The molecule has 3 rings (SSSR count). The zero-order chi connectivity index (χ0) is 24.5. The molecule has 6 nitrogen and oxygen atoms in total. The van der Waals surface area contributed by atoms with Crippen LogP contribution in [0.5, 0.6) is 0 Å². The number of carbonyl (C=O) groups is 3. The first kappa shape index (κ1) is 25.3. The minimum atomic E-state index is -1.05. The SMILES string of the molecule is CC1CCC(C(=O)N(c2cc(C#CC(C)(C)C)sc2C(=O)O)C2CC(C(=O)N(C)C)C2)CC1. The van der Waals surface area contributed by atoms with E-state index in [4.69, 9.17) is 0 Å². The molecule has 0 aromatic carbocycles. The quantitative estimate of drug-likeness (QED) is 0.620. The number of thiophene rings is 1. The lowest BCUT2D eigenvalue weighted by molar-refractivity contribution is -0.137. The highest BCUT2D eigenvalue weighted by Crippen LogP contribution is 2.42. The van der Waals surface area contributed by atoms with Gasteiger partial charge in [0.25, 0.3) is 0 Å². The third kappa shape index (κ3) is 5.97. The number of carboxylic acid groups (broad SMARTS) is 1. The Balaban J connectivity index is 1.96. The van der Waals surface area contributed by atoms with E-state index in [9.17, 15) is 19.5 Å². The van der Waals surface area contributed by atoms with E-state index in [1.54, 1.807) is 30.0 Å². The Kier molecular flexibility index (Phi) is 7.58. The molecular formula is C26H36N2O4S. The summed E-state index contributed by atoms with van der Waals surface area (Å²) in [5.41, 5.74) is 0.227. The lowest BCUT2D eigenvalue weighted by atomic mass is 9.76. The number of amides is 2. The van der Waals surface area contributed by atoms with Crippen LogP contribution in [0.15, 0.2) is 6.07 Å². The molecule has 0 saturated heterocycles. The average molecular weight is 473 g/mol. The molecule has 2 saturated carbocycles. The first-order valence-electron chi connectivity index (χ1n) is 11.8. The third-order valence-electron chi connectivity index (χ3n) is 6.60. The van der Waals surface area contributed by atoms with Gasteiger partial charge in [-0.2, -0.15) is 0 Å². The van der Waals surface area contributed by atoms with Gasteiger partial charge >= 0.3 is 5.97 Å². The highest BCUT2D eigenvalue weighted by molar-refractivity contribution is 7.15. The fraction of sp³-hybridized carbons (Fsp3) is 0.654. The summed E-state index contributed by atoms with van der Waals surface area (Å²) in [6.45, 7) is 8.22. The molecule has 33 heavy (non-hydrogen) atoms. The summed E-state index contributed by atoms with van der Waals surface area (Å²) in [4.78, 5) is 42.4. The molecule has 2 aliphatic carbocycles.